The van der Waals surface area contributed by atoms with E-state index in [0.717, 1.165) is 30.9 Å². The maximum absolute atomic E-state index is 13.0. The number of rotatable bonds is 4. The van der Waals surface area contributed by atoms with Crippen LogP contribution in [0.3, 0.4) is 0 Å². The van der Waals surface area contributed by atoms with Gasteiger partial charge in [0.25, 0.3) is 0 Å². The van der Waals surface area contributed by atoms with Crippen molar-refractivity contribution in [1.29, 1.82) is 0 Å². The van der Waals surface area contributed by atoms with Gasteiger partial charge in [0.1, 0.15) is 0 Å². The molecule has 2 aliphatic rings. The number of fused-ring (bicyclic) bond motifs is 1. The molecule has 0 amide bonds. The van der Waals surface area contributed by atoms with Gasteiger partial charge in [-0.15, -0.1) is 0 Å². The summed E-state index contributed by atoms with van der Waals surface area (Å²) < 4.78 is 27.5. The summed E-state index contributed by atoms with van der Waals surface area (Å²) in [4.78, 5) is 7.14. The number of sulfonamides is 1. The largest absolute Gasteiger partial charge is 0.297 e. The highest BCUT2D eigenvalue weighted by molar-refractivity contribution is 7.99. The number of pyridine rings is 1. The summed E-state index contributed by atoms with van der Waals surface area (Å²) in [5.74, 6) is 2.36. The zero-order valence-corrected chi connectivity index (χ0v) is 16.3. The van der Waals surface area contributed by atoms with Gasteiger partial charge in [0.15, 0.2) is 0 Å². The lowest BCUT2D eigenvalue weighted by Gasteiger charge is -2.28. The van der Waals surface area contributed by atoms with Crippen molar-refractivity contribution in [1.82, 2.24) is 14.2 Å². The summed E-state index contributed by atoms with van der Waals surface area (Å²) in [5, 5.41) is 0. The van der Waals surface area contributed by atoms with Crippen molar-refractivity contribution in [2.75, 3.05) is 31.1 Å². The molecule has 2 aromatic rings. The summed E-state index contributed by atoms with van der Waals surface area (Å²) in [6.07, 6.45) is 2.44. The number of nitrogens with zero attached hydrogens (tertiary/aromatic N) is 3. The minimum absolute atomic E-state index is 0.353. The van der Waals surface area contributed by atoms with E-state index in [0.29, 0.717) is 24.4 Å². The topological polar surface area (TPSA) is 53.5 Å². The SMILES string of the molecule is O=S(=O)(c1ccc(CN2CCSCC2)cc1)N1CCc2cccnc2C1. The van der Waals surface area contributed by atoms with Crippen LogP contribution in [0.1, 0.15) is 16.8 Å². The Balaban J connectivity index is 1.48. The van der Waals surface area contributed by atoms with Crippen molar-refractivity contribution in [3.63, 3.8) is 0 Å². The Morgan fingerprint density at radius 2 is 1.81 bits per heavy atom. The normalized spacial score (nSPS) is 19.2. The van der Waals surface area contributed by atoms with Crippen LogP contribution in [0.15, 0.2) is 47.5 Å². The van der Waals surface area contributed by atoms with Gasteiger partial charge in [0.05, 0.1) is 17.1 Å². The molecule has 0 unspecified atom stereocenters. The predicted molar refractivity (Wildman–Crippen MR) is 105 cm³/mol. The summed E-state index contributed by atoms with van der Waals surface area (Å²) in [5.41, 5.74) is 3.18. The number of benzene rings is 1. The molecule has 3 heterocycles. The predicted octanol–water partition coefficient (Wildman–Crippen LogP) is 2.38. The molecule has 0 aliphatic carbocycles. The highest BCUT2D eigenvalue weighted by Crippen LogP contribution is 2.24. The Bertz CT molecular complexity index is 863. The second kappa shape index (κ2) is 7.68. The molecule has 0 spiro atoms. The third-order valence-electron chi connectivity index (χ3n) is 5.01. The zero-order chi connectivity index (χ0) is 18.0. The Kier molecular flexibility index (Phi) is 5.31. The number of aromatic nitrogens is 1. The minimum Gasteiger partial charge on any atom is -0.297 e. The molecule has 1 fully saturated rings. The summed E-state index contributed by atoms with van der Waals surface area (Å²) >= 11 is 1.99. The third kappa shape index (κ3) is 3.81. The fourth-order valence-electron chi connectivity index (χ4n) is 3.47. The van der Waals surface area contributed by atoms with E-state index in [9.17, 15) is 8.42 Å². The van der Waals surface area contributed by atoms with Crippen molar-refractivity contribution in [2.45, 2.75) is 24.4 Å². The van der Waals surface area contributed by atoms with Crippen molar-refractivity contribution in [3.8, 4) is 0 Å². The van der Waals surface area contributed by atoms with Crippen molar-refractivity contribution in [2.24, 2.45) is 0 Å². The van der Waals surface area contributed by atoms with Crippen LogP contribution in [-0.4, -0.2) is 53.7 Å². The van der Waals surface area contributed by atoms with Crippen LogP contribution >= 0.6 is 11.8 Å². The van der Waals surface area contributed by atoms with E-state index in [2.05, 4.69) is 9.88 Å². The number of hydrogen-bond donors (Lipinski definition) is 0. The van der Waals surface area contributed by atoms with E-state index < -0.39 is 10.0 Å². The first kappa shape index (κ1) is 18.0. The minimum atomic E-state index is -3.48. The molecule has 1 aromatic carbocycles. The second-order valence-corrected chi connectivity index (χ2v) is 9.89. The molecule has 0 N–H and O–H groups in total. The first-order valence-electron chi connectivity index (χ1n) is 8.95. The van der Waals surface area contributed by atoms with Gasteiger partial charge in [-0.1, -0.05) is 18.2 Å². The first-order valence-corrected chi connectivity index (χ1v) is 11.5. The molecular weight excluding hydrogens is 366 g/mol. The van der Waals surface area contributed by atoms with Gasteiger partial charge in [-0.3, -0.25) is 9.88 Å². The van der Waals surface area contributed by atoms with Crippen LogP contribution in [0.2, 0.25) is 0 Å². The summed E-state index contributed by atoms with van der Waals surface area (Å²) in [6.45, 7) is 3.96. The Morgan fingerprint density at radius 3 is 2.58 bits per heavy atom. The zero-order valence-electron chi connectivity index (χ0n) is 14.7. The van der Waals surface area contributed by atoms with E-state index in [1.165, 1.54) is 17.1 Å². The Hall–Kier alpha value is -1.41. The molecule has 0 radical (unpaired) electrons. The van der Waals surface area contributed by atoms with Crippen molar-refractivity contribution in [3.05, 3.63) is 59.4 Å². The highest BCUT2D eigenvalue weighted by atomic mass is 32.2. The van der Waals surface area contributed by atoms with E-state index in [4.69, 9.17) is 0 Å². The van der Waals surface area contributed by atoms with Gasteiger partial charge in [-0.05, 0) is 35.7 Å². The molecular formula is C19H23N3O2S2. The van der Waals surface area contributed by atoms with Crippen LogP contribution in [0.4, 0.5) is 0 Å². The quantitative estimate of drug-likeness (QED) is 0.804. The van der Waals surface area contributed by atoms with Crippen molar-refractivity contribution < 1.29 is 8.42 Å². The first-order chi connectivity index (χ1) is 12.6. The van der Waals surface area contributed by atoms with Gasteiger partial charge in [0, 0.05) is 43.9 Å². The molecule has 1 aromatic heterocycles. The second-order valence-electron chi connectivity index (χ2n) is 6.73. The number of thioether (sulfide) groups is 1. The average Bonchev–Trinajstić information content (AvgIpc) is 2.69. The molecule has 4 rings (SSSR count). The number of hydrogen-bond acceptors (Lipinski definition) is 5. The lowest BCUT2D eigenvalue weighted by molar-refractivity contribution is 0.294. The molecule has 0 bridgehead atoms. The molecule has 7 heteroatoms. The summed E-state index contributed by atoms with van der Waals surface area (Å²) in [7, 11) is -3.48. The lowest BCUT2D eigenvalue weighted by atomic mass is 10.1. The van der Waals surface area contributed by atoms with Gasteiger partial charge in [-0.25, -0.2) is 8.42 Å². The van der Waals surface area contributed by atoms with Crippen LogP contribution in [0, 0.1) is 0 Å². The van der Waals surface area contributed by atoms with Crippen LogP contribution in [-0.2, 0) is 29.5 Å². The van der Waals surface area contributed by atoms with E-state index in [1.54, 1.807) is 22.6 Å². The van der Waals surface area contributed by atoms with Gasteiger partial charge >= 0.3 is 0 Å². The smallest absolute Gasteiger partial charge is 0.243 e. The molecule has 0 atom stereocenters. The van der Waals surface area contributed by atoms with Gasteiger partial charge in [0.2, 0.25) is 10.0 Å². The standard InChI is InChI=1S/C19H23N3O2S2/c23-26(24,22-9-7-17-2-1-8-20-19(17)15-22)18-5-3-16(4-6-18)14-21-10-12-25-13-11-21/h1-6,8H,7,9-15H2. The molecule has 26 heavy (non-hydrogen) atoms. The van der Waals surface area contributed by atoms with Gasteiger partial charge in [-0.2, -0.15) is 16.1 Å². The van der Waals surface area contributed by atoms with Gasteiger partial charge < -0.3 is 0 Å². The third-order valence-corrected chi connectivity index (χ3v) is 7.81. The fraction of sp³-hybridized carbons (Fsp3) is 0.421. The lowest BCUT2D eigenvalue weighted by Crippen LogP contribution is -2.36. The monoisotopic (exact) mass is 389 g/mol. The average molecular weight is 390 g/mol. The molecule has 0 saturated carbocycles. The van der Waals surface area contributed by atoms with Crippen LogP contribution in [0.25, 0.3) is 0 Å². The van der Waals surface area contributed by atoms with Crippen molar-refractivity contribution >= 4 is 21.8 Å². The van der Waals surface area contributed by atoms with Crippen LogP contribution in [0.5, 0.6) is 0 Å². The van der Waals surface area contributed by atoms with E-state index >= 15 is 0 Å². The van der Waals surface area contributed by atoms with E-state index in [1.807, 2.05) is 36.0 Å². The maximum atomic E-state index is 13.0. The fourth-order valence-corrected chi connectivity index (χ4v) is 5.85. The maximum Gasteiger partial charge on any atom is 0.243 e. The Morgan fingerprint density at radius 1 is 1.04 bits per heavy atom. The molecule has 1 saturated heterocycles. The molecule has 2 aliphatic heterocycles. The summed E-state index contributed by atoms with van der Waals surface area (Å²) in [6, 6.07) is 11.3. The highest BCUT2D eigenvalue weighted by Gasteiger charge is 2.28. The van der Waals surface area contributed by atoms with Crippen LogP contribution < -0.4 is 0 Å². The Labute approximate surface area is 159 Å². The van der Waals surface area contributed by atoms with E-state index in [-0.39, 0.29) is 0 Å². The molecule has 138 valence electrons. The molecule has 5 nitrogen and oxygen atoms in total.